The van der Waals surface area contributed by atoms with Crippen molar-refractivity contribution < 1.29 is 9.21 Å². The monoisotopic (exact) mass is 327 g/mol. The van der Waals surface area contributed by atoms with Crippen LogP contribution in [-0.4, -0.2) is 21.6 Å². The summed E-state index contributed by atoms with van der Waals surface area (Å²) in [4.78, 5) is 24.7. The summed E-state index contributed by atoms with van der Waals surface area (Å²) in [6.07, 6.45) is 3.69. The number of pyridine rings is 1. The summed E-state index contributed by atoms with van der Waals surface area (Å²) in [6, 6.07) is 5.59. The molecule has 0 saturated heterocycles. The van der Waals surface area contributed by atoms with Crippen LogP contribution in [-0.2, 0) is 13.1 Å². The summed E-state index contributed by atoms with van der Waals surface area (Å²) in [6.45, 7) is 7.12. The molecule has 0 aliphatic carbocycles. The van der Waals surface area contributed by atoms with Crippen LogP contribution in [0.15, 0.2) is 39.8 Å². The number of rotatable bonds is 5. The van der Waals surface area contributed by atoms with E-state index < -0.39 is 0 Å². The molecule has 3 rings (SSSR count). The predicted molar refractivity (Wildman–Crippen MR) is 92.4 cm³/mol. The molecule has 0 spiro atoms. The van der Waals surface area contributed by atoms with Crippen LogP contribution in [0, 0.1) is 13.8 Å². The zero-order valence-corrected chi connectivity index (χ0v) is 14.1. The lowest BCUT2D eigenvalue weighted by Crippen LogP contribution is -2.31. The Kier molecular flexibility index (Phi) is 4.29. The molecule has 3 aromatic rings. The lowest BCUT2D eigenvalue weighted by molar-refractivity contribution is 0.0950. The van der Waals surface area contributed by atoms with Gasteiger partial charge >= 0.3 is 0 Å². The number of hydrogen-bond acceptors (Lipinski definition) is 3. The number of nitrogens with one attached hydrogen (secondary N) is 1. The second-order valence-electron chi connectivity index (χ2n) is 5.80. The van der Waals surface area contributed by atoms with Gasteiger partial charge in [0.05, 0.1) is 5.56 Å². The Morgan fingerprint density at radius 1 is 1.21 bits per heavy atom. The van der Waals surface area contributed by atoms with E-state index in [9.17, 15) is 9.59 Å². The summed E-state index contributed by atoms with van der Waals surface area (Å²) in [5, 5.41) is 3.77. The molecule has 6 nitrogen and oxygen atoms in total. The Balaban J connectivity index is 1.72. The van der Waals surface area contributed by atoms with Crippen LogP contribution in [0.4, 0.5) is 0 Å². The fraction of sp³-hybridized carbons (Fsp3) is 0.333. The molecule has 1 amide bonds. The zero-order valence-electron chi connectivity index (χ0n) is 14.1. The minimum Gasteiger partial charge on any atom is -0.466 e. The van der Waals surface area contributed by atoms with Gasteiger partial charge in [0.25, 0.3) is 11.5 Å². The van der Waals surface area contributed by atoms with E-state index in [2.05, 4.69) is 5.32 Å². The number of carbonyl (C=O) groups excluding carboxylic acids is 1. The second-order valence-corrected chi connectivity index (χ2v) is 5.80. The molecule has 0 saturated carbocycles. The minimum atomic E-state index is -0.185. The Morgan fingerprint density at radius 2 is 1.92 bits per heavy atom. The van der Waals surface area contributed by atoms with Crippen molar-refractivity contribution in [1.29, 1.82) is 0 Å². The van der Waals surface area contributed by atoms with Crippen molar-refractivity contribution in [2.45, 2.75) is 33.9 Å². The topological polar surface area (TPSA) is 69.2 Å². The molecule has 0 fully saturated rings. The van der Waals surface area contributed by atoms with E-state index in [1.165, 1.54) is 0 Å². The highest BCUT2D eigenvalue weighted by Crippen LogP contribution is 2.13. The molecule has 0 aromatic carbocycles. The number of nitrogens with zero attached hydrogens (tertiary/aromatic N) is 2. The molecule has 0 radical (unpaired) electrons. The van der Waals surface area contributed by atoms with Crippen LogP contribution in [0.3, 0.4) is 0 Å². The van der Waals surface area contributed by atoms with Crippen LogP contribution in [0.5, 0.6) is 0 Å². The normalized spacial score (nSPS) is 11.1. The van der Waals surface area contributed by atoms with E-state index in [0.717, 1.165) is 11.9 Å². The maximum absolute atomic E-state index is 12.6. The fourth-order valence-electron chi connectivity index (χ4n) is 2.93. The van der Waals surface area contributed by atoms with Crippen molar-refractivity contribution in [3.8, 4) is 0 Å². The van der Waals surface area contributed by atoms with E-state index >= 15 is 0 Å². The van der Waals surface area contributed by atoms with E-state index in [1.807, 2.05) is 29.8 Å². The summed E-state index contributed by atoms with van der Waals surface area (Å²) in [5.41, 5.74) is 1.20. The number of aryl methyl sites for hydroxylation is 3. The molecule has 0 aliphatic heterocycles. The van der Waals surface area contributed by atoms with Gasteiger partial charge in [-0.1, -0.05) is 0 Å². The largest absolute Gasteiger partial charge is 0.466 e. The molecule has 0 atom stereocenters. The molecule has 0 aliphatic rings. The van der Waals surface area contributed by atoms with Crippen LogP contribution < -0.4 is 10.9 Å². The lowest BCUT2D eigenvalue weighted by Gasteiger charge is -2.08. The van der Waals surface area contributed by atoms with Crippen molar-refractivity contribution >= 4 is 16.8 Å². The standard InChI is InChI=1S/C18H21N3O3/c1-4-20-8-5-14-6-9-21(18(23)16(14)20)10-7-19-17(22)15-11-12(2)24-13(15)3/h5-6,8-9,11H,4,7,10H2,1-3H3,(H,19,22). The maximum Gasteiger partial charge on any atom is 0.275 e. The average Bonchev–Trinajstić information content (AvgIpc) is 3.12. The number of fused-ring (bicyclic) bond motifs is 1. The zero-order chi connectivity index (χ0) is 17.3. The second kappa shape index (κ2) is 6.39. The first kappa shape index (κ1) is 16.1. The van der Waals surface area contributed by atoms with Gasteiger partial charge in [-0.3, -0.25) is 9.59 Å². The molecule has 3 aromatic heterocycles. The average molecular weight is 327 g/mol. The molecule has 6 heteroatoms. The van der Waals surface area contributed by atoms with E-state index in [-0.39, 0.29) is 11.5 Å². The summed E-state index contributed by atoms with van der Waals surface area (Å²) >= 11 is 0. The van der Waals surface area contributed by atoms with Crippen LogP contribution in [0.2, 0.25) is 0 Å². The summed E-state index contributed by atoms with van der Waals surface area (Å²) < 4.78 is 8.93. The molecule has 0 bridgehead atoms. The molecular weight excluding hydrogens is 306 g/mol. The van der Waals surface area contributed by atoms with Gasteiger partial charge in [0.15, 0.2) is 0 Å². The first-order valence-electron chi connectivity index (χ1n) is 8.04. The SMILES string of the molecule is CCn1ccc2ccn(CCNC(=O)c3cc(C)oc3C)c(=O)c21. The third kappa shape index (κ3) is 2.87. The Morgan fingerprint density at radius 3 is 2.54 bits per heavy atom. The highest BCUT2D eigenvalue weighted by molar-refractivity contribution is 5.95. The number of aromatic nitrogens is 2. The first-order chi connectivity index (χ1) is 11.5. The van der Waals surface area contributed by atoms with E-state index in [1.54, 1.807) is 30.7 Å². The maximum atomic E-state index is 12.6. The van der Waals surface area contributed by atoms with Gasteiger partial charge in [-0.15, -0.1) is 0 Å². The van der Waals surface area contributed by atoms with Crippen molar-refractivity contribution in [2.24, 2.45) is 0 Å². The predicted octanol–water partition coefficient (Wildman–Crippen LogP) is 2.46. The Hall–Kier alpha value is -2.76. The van der Waals surface area contributed by atoms with Gasteiger partial charge in [-0.2, -0.15) is 0 Å². The molecule has 1 N–H and O–H groups in total. The van der Waals surface area contributed by atoms with Gasteiger partial charge in [0.2, 0.25) is 0 Å². The number of furan rings is 1. The Bertz CT molecular complexity index is 946. The van der Waals surface area contributed by atoms with Crippen LogP contribution in [0.25, 0.3) is 10.9 Å². The smallest absolute Gasteiger partial charge is 0.275 e. The van der Waals surface area contributed by atoms with Crippen molar-refractivity contribution in [1.82, 2.24) is 14.5 Å². The fourth-order valence-corrected chi connectivity index (χ4v) is 2.93. The minimum absolute atomic E-state index is 0.0380. The number of amides is 1. The third-order valence-electron chi connectivity index (χ3n) is 4.16. The molecule has 126 valence electrons. The molecule has 24 heavy (non-hydrogen) atoms. The highest BCUT2D eigenvalue weighted by Gasteiger charge is 2.13. The summed E-state index contributed by atoms with van der Waals surface area (Å²) in [7, 11) is 0. The van der Waals surface area contributed by atoms with Gasteiger partial charge in [-0.25, -0.2) is 0 Å². The number of hydrogen-bond donors (Lipinski definition) is 1. The molecule has 3 heterocycles. The van der Waals surface area contributed by atoms with Gasteiger partial charge in [0, 0.05) is 37.4 Å². The summed E-state index contributed by atoms with van der Waals surface area (Å²) in [5.74, 6) is 1.12. The van der Waals surface area contributed by atoms with Crippen LogP contribution in [0.1, 0.15) is 28.8 Å². The Labute approximate surface area is 139 Å². The first-order valence-corrected chi connectivity index (χ1v) is 8.04. The van der Waals surface area contributed by atoms with E-state index in [4.69, 9.17) is 4.42 Å². The van der Waals surface area contributed by atoms with Crippen molar-refractivity contribution in [3.63, 3.8) is 0 Å². The lowest BCUT2D eigenvalue weighted by atomic mass is 10.2. The van der Waals surface area contributed by atoms with Gasteiger partial charge < -0.3 is 18.9 Å². The van der Waals surface area contributed by atoms with Gasteiger partial charge in [-0.05, 0) is 39.0 Å². The third-order valence-corrected chi connectivity index (χ3v) is 4.16. The van der Waals surface area contributed by atoms with Crippen molar-refractivity contribution in [2.75, 3.05) is 6.54 Å². The quantitative estimate of drug-likeness (QED) is 0.782. The molecule has 0 unspecified atom stereocenters. The number of carbonyl (C=O) groups is 1. The van der Waals surface area contributed by atoms with Crippen LogP contribution >= 0.6 is 0 Å². The van der Waals surface area contributed by atoms with Gasteiger partial charge in [0.1, 0.15) is 17.0 Å². The molecular formula is C18H21N3O3. The highest BCUT2D eigenvalue weighted by atomic mass is 16.3. The van der Waals surface area contributed by atoms with Crippen molar-refractivity contribution in [3.05, 3.63) is 58.0 Å². The van der Waals surface area contributed by atoms with E-state index in [0.29, 0.717) is 35.7 Å².